The molecule has 5 nitrogen and oxygen atoms in total. The summed E-state index contributed by atoms with van der Waals surface area (Å²) >= 11 is 1.95. The zero-order valence-electron chi connectivity index (χ0n) is 15.1. The zero-order valence-corrected chi connectivity index (χ0v) is 15.9. The fourth-order valence-electron chi connectivity index (χ4n) is 3.49. The van der Waals surface area contributed by atoms with Crippen LogP contribution in [0.2, 0.25) is 0 Å². The van der Waals surface area contributed by atoms with E-state index in [4.69, 9.17) is 9.73 Å². The average Bonchev–Trinajstić information content (AvgIpc) is 3.06. The van der Waals surface area contributed by atoms with Crippen molar-refractivity contribution in [1.82, 2.24) is 15.5 Å². The van der Waals surface area contributed by atoms with E-state index in [-0.39, 0.29) is 4.75 Å². The SMILES string of the molecule is CCNC(=NCC1(SC)CCOCC1)NCC1CCCN1CC. The number of nitrogens with zero attached hydrogens (tertiary/aromatic N) is 2. The van der Waals surface area contributed by atoms with Gasteiger partial charge in [0.1, 0.15) is 0 Å². The molecule has 2 saturated heterocycles. The molecule has 0 aromatic rings. The van der Waals surface area contributed by atoms with Crippen LogP contribution in [0.4, 0.5) is 0 Å². The number of rotatable bonds is 7. The number of nitrogens with one attached hydrogen (secondary N) is 2. The highest BCUT2D eigenvalue weighted by Gasteiger charge is 2.31. The minimum Gasteiger partial charge on any atom is -0.381 e. The van der Waals surface area contributed by atoms with E-state index in [1.54, 1.807) is 0 Å². The molecular formula is C17H34N4OS. The standard InChI is InChI=1S/C17H34N4OS/c1-4-18-16(19-13-15-7-6-10-21(15)5-2)20-14-17(23-3)8-11-22-12-9-17/h15H,4-14H2,1-3H3,(H2,18,19,20). The summed E-state index contributed by atoms with van der Waals surface area (Å²) in [5, 5.41) is 6.96. The lowest BCUT2D eigenvalue weighted by Crippen LogP contribution is -2.45. The summed E-state index contributed by atoms with van der Waals surface area (Å²) in [5.41, 5.74) is 0. The van der Waals surface area contributed by atoms with E-state index < -0.39 is 0 Å². The number of thioether (sulfide) groups is 1. The van der Waals surface area contributed by atoms with Gasteiger partial charge in [-0.2, -0.15) is 11.8 Å². The van der Waals surface area contributed by atoms with Gasteiger partial charge in [0.2, 0.25) is 0 Å². The van der Waals surface area contributed by atoms with Crippen LogP contribution in [0.3, 0.4) is 0 Å². The second-order valence-corrected chi connectivity index (χ2v) is 7.77. The largest absolute Gasteiger partial charge is 0.381 e. The molecule has 6 heteroatoms. The number of likely N-dealkylation sites (N-methyl/N-ethyl adjacent to an activating group) is 1. The third kappa shape index (κ3) is 5.54. The molecule has 134 valence electrons. The fourth-order valence-corrected chi connectivity index (χ4v) is 4.26. The van der Waals surface area contributed by atoms with Crippen LogP contribution in [-0.4, -0.2) is 73.8 Å². The van der Waals surface area contributed by atoms with Crippen molar-refractivity contribution in [3.05, 3.63) is 0 Å². The minimum atomic E-state index is 0.253. The Morgan fingerprint density at radius 3 is 2.74 bits per heavy atom. The van der Waals surface area contributed by atoms with E-state index in [1.165, 1.54) is 19.4 Å². The van der Waals surface area contributed by atoms with Gasteiger partial charge in [-0.15, -0.1) is 0 Å². The van der Waals surface area contributed by atoms with Crippen LogP contribution in [0.15, 0.2) is 4.99 Å². The van der Waals surface area contributed by atoms with Gasteiger partial charge < -0.3 is 15.4 Å². The number of guanidine groups is 1. The lowest BCUT2D eigenvalue weighted by Gasteiger charge is -2.34. The minimum absolute atomic E-state index is 0.253. The van der Waals surface area contributed by atoms with Crippen LogP contribution in [0.25, 0.3) is 0 Å². The molecule has 1 atom stereocenters. The smallest absolute Gasteiger partial charge is 0.191 e. The normalized spacial score (nSPS) is 25.5. The molecule has 1 unspecified atom stereocenters. The molecule has 23 heavy (non-hydrogen) atoms. The highest BCUT2D eigenvalue weighted by Crippen LogP contribution is 2.33. The topological polar surface area (TPSA) is 48.9 Å². The molecule has 0 spiro atoms. The van der Waals surface area contributed by atoms with E-state index in [1.807, 2.05) is 11.8 Å². The third-order valence-electron chi connectivity index (χ3n) is 5.12. The second-order valence-electron chi connectivity index (χ2n) is 6.50. The quantitative estimate of drug-likeness (QED) is 0.547. The van der Waals surface area contributed by atoms with E-state index >= 15 is 0 Å². The molecule has 0 saturated carbocycles. The first-order valence-electron chi connectivity index (χ1n) is 9.12. The molecule has 0 aromatic carbocycles. The summed E-state index contributed by atoms with van der Waals surface area (Å²) in [7, 11) is 0. The van der Waals surface area contributed by atoms with Gasteiger partial charge in [0.05, 0.1) is 6.54 Å². The number of likely N-dealkylation sites (tertiary alicyclic amines) is 1. The van der Waals surface area contributed by atoms with Crippen LogP contribution in [0.1, 0.15) is 39.5 Å². The van der Waals surface area contributed by atoms with Crippen molar-refractivity contribution in [3.63, 3.8) is 0 Å². The molecule has 0 aromatic heterocycles. The van der Waals surface area contributed by atoms with Gasteiger partial charge in [0.25, 0.3) is 0 Å². The maximum Gasteiger partial charge on any atom is 0.191 e. The maximum absolute atomic E-state index is 5.52. The zero-order chi connectivity index (χ0) is 16.5. The van der Waals surface area contributed by atoms with Crippen molar-refractivity contribution in [3.8, 4) is 0 Å². The molecular weight excluding hydrogens is 308 g/mol. The summed E-state index contributed by atoms with van der Waals surface area (Å²) in [6.45, 7) is 11.3. The molecule has 0 aliphatic carbocycles. The second kappa shape index (κ2) is 9.74. The summed E-state index contributed by atoms with van der Waals surface area (Å²) in [4.78, 5) is 7.46. The Hall–Kier alpha value is -0.460. The van der Waals surface area contributed by atoms with Crippen LogP contribution < -0.4 is 10.6 Å². The maximum atomic E-state index is 5.52. The van der Waals surface area contributed by atoms with E-state index in [0.29, 0.717) is 6.04 Å². The molecule has 0 amide bonds. The van der Waals surface area contributed by atoms with Crippen molar-refractivity contribution in [2.24, 2.45) is 4.99 Å². The Morgan fingerprint density at radius 2 is 2.09 bits per heavy atom. The van der Waals surface area contributed by atoms with Crippen molar-refractivity contribution >= 4 is 17.7 Å². The Kier molecular flexibility index (Phi) is 7.99. The number of hydrogen-bond donors (Lipinski definition) is 2. The van der Waals surface area contributed by atoms with Crippen molar-refractivity contribution in [2.45, 2.75) is 50.3 Å². The number of hydrogen-bond acceptors (Lipinski definition) is 4. The van der Waals surface area contributed by atoms with Crippen molar-refractivity contribution < 1.29 is 4.74 Å². The van der Waals surface area contributed by atoms with Crippen molar-refractivity contribution in [1.29, 1.82) is 0 Å². The van der Waals surface area contributed by atoms with Crippen LogP contribution >= 0.6 is 11.8 Å². The lowest BCUT2D eigenvalue weighted by molar-refractivity contribution is 0.0794. The van der Waals surface area contributed by atoms with Crippen LogP contribution in [-0.2, 0) is 4.74 Å². The highest BCUT2D eigenvalue weighted by molar-refractivity contribution is 8.00. The van der Waals surface area contributed by atoms with E-state index in [0.717, 1.165) is 58.2 Å². The van der Waals surface area contributed by atoms with Gasteiger partial charge in [0, 0.05) is 37.1 Å². The number of aliphatic imine (C=N–C) groups is 1. The highest BCUT2D eigenvalue weighted by atomic mass is 32.2. The predicted octanol–water partition coefficient (Wildman–Crippen LogP) is 1.94. The Labute approximate surface area is 146 Å². The van der Waals surface area contributed by atoms with Gasteiger partial charge in [0.15, 0.2) is 5.96 Å². The molecule has 2 aliphatic rings. The van der Waals surface area contributed by atoms with Gasteiger partial charge in [-0.3, -0.25) is 9.89 Å². The first-order chi connectivity index (χ1) is 11.2. The molecule has 0 radical (unpaired) electrons. The average molecular weight is 343 g/mol. The summed E-state index contributed by atoms with van der Waals surface area (Å²) in [5.74, 6) is 0.968. The number of ether oxygens (including phenoxy) is 1. The van der Waals surface area contributed by atoms with Gasteiger partial charge in [-0.05, 0) is 52.0 Å². The molecule has 2 N–H and O–H groups in total. The molecule has 2 aliphatic heterocycles. The molecule has 0 bridgehead atoms. The summed E-state index contributed by atoms with van der Waals surface area (Å²) < 4.78 is 5.77. The van der Waals surface area contributed by atoms with Crippen LogP contribution in [0.5, 0.6) is 0 Å². The van der Waals surface area contributed by atoms with Gasteiger partial charge >= 0.3 is 0 Å². The summed E-state index contributed by atoms with van der Waals surface area (Å²) in [6, 6.07) is 0.654. The van der Waals surface area contributed by atoms with Gasteiger partial charge in [-0.1, -0.05) is 6.92 Å². The third-order valence-corrected chi connectivity index (χ3v) is 6.52. The van der Waals surface area contributed by atoms with Crippen LogP contribution in [0, 0.1) is 0 Å². The lowest BCUT2D eigenvalue weighted by atomic mass is 9.99. The predicted molar refractivity (Wildman–Crippen MR) is 101 cm³/mol. The summed E-state index contributed by atoms with van der Waals surface area (Å²) in [6.07, 6.45) is 7.03. The first-order valence-corrected chi connectivity index (χ1v) is 10.3. The van der Waals surface area contributed by atoms with Gasteiger partial charge in [-0.25, -0.2) is 0 Å². The Morgan fingerprint density at radius 1 is 1.30 bits per heavy atom. The Balaban J connectivity index is 1.88. The molecule has 2 heterocycles. The Bertz CT molecular complexity index is 372. The fraction of sp³-hybridized carbons (Fsp3) is 0.941. The van der Waals surface area contributed by atoms with E-state index in [2.05, 4.69) is 35.6 Å². The molecule has 2 rings (SSSR count). The first kappa shape index (κ1) is 18.9. The van der Waals surface area contributed by atoms with Crippen molar-refractivity contribution in [2.75, 3.05) is 52.2 Å². The monoisotopic (exact) mass is 342 g/mol. The van der Waals surface area contributed by atoms with E-state index in [9.17, 15) is 0 Å². The molecule has 2 fully saturated rings.